The van der Waals surface area contributed by atoms with Crippen LogP contribution in [0, 0.1) is 6.92 Å². The molecule has 3 fully saturated rings. The maximum absolute atomic E-state index is 12.8. The van der Waals surface area contributed by atoms with Crippen molar-refractivity contribution >= 4 is 36.4 Å². The first-order valence-electron chi connectivity index (χ1n) is 10.3. The van der Waals surface area contributed by atoms with Crippen molar-refractivity contribution in [1.82, 2.24) is 15.1 Å². The molecule has 0 saturated carbocycles. The van der Waals surface area contributed by atoms with Crippen molar-refractivity contribution in [2.45, 2.75) is 44.7 Å². The van der Waals surface area contributed by atoms with E-state index in [0.29, 0.717) is 24.4 Å². The van der Waals surface area contributed by atoms with Crippen molar-refractivity contribution in [3.05, 3.63) is 29.8 Å². The van der Waals surface area contributed by atoms with E-state index in [1.54, 1.807) is 0 Å². The van der Waals surface area contributed by atoms with Crippen molar-refractivity contribution in [1.29, 1.82) is 0 Å². The molecular weight excluding hydrogens is 395 g/mol. The van der Waals surface area contributed by atoms with Gasteiger partial charge in [-0.05, 0) is 50.4 Å². The van der Waals surface area contributed by atoms with Crippen LogP contribution in [0.2, 0.25) is 0 Å². The number of nitrogens with zero attached hydrogens (tertiary/aromatic N) is 3. The number of rotatable bonds is 4. The third-order valence-corrected chi connectivity index (χ3v) is 6.32. The highest BCUT2D eigenvalue weighted by Gasteiger charge is 2.37. The molecule has 2 atom stereocenters. The molecule has 3 saturated heterocycles. The van der Waals surface area contributed by atoms with Gasteiger partial charge in [0.25, 0.3) is 0 Å². The van der Waals surface area contributed by atoms with Crippen molar-refractivity contribution < 1.29 is 4.79 Å². The first-order chi connectivity index (χ1) is 12.7. The molecule has 1 amide bonds. The molecule has 0 spiro atoms. The van der Waals surface area contributed by atoms with Crippen molar-refractivity contribution in [3.8, 4) is 0 Å². The minimum atomic E-state index is 0. The Labute approximate surface area is 181 Å². The number of hydrogen-bond acceptors (Lipinski definition) is 4. The molecule has 3 aliphatic rings. The summed E-state index contributed by atoms with van der Waals surface area (Å²) >= 11 is 0. The van der Waals surface area contributed by atoms with Gasteiger partial charge in [-0.1, -0.05) is 12.1 Å². The van der Waals surface area contributed by atoms with E-state index in [-0.39, 0.29) is 24.8 Å². The lowest BCUT2D eigenvalue weighted by Crippen LogP contribution is -2.48. The second kappa shape index (κ2) is 10.7. The summed E-state index contributed by atoms with van der Waals surface area (Å²) < 4.78 is 0. The van der Waals surface area contributed by atoms with Crippen LogP contribution in [-0.4, -0.2) is 73.6 Å². The van der Waals surface area contributed by atoms with E-state index in [9.17, 15) is 4.79 Å². The molecule has 0 radical (unpaired) electrons. The first kappa shape index (κ1) is 23.3. The number of anilines is 1. The number of nitrogens with one attached hydrogen (secondary N) is 1. The molecule has 7 heteroatoms. The maximum Gasteiger partial charge on any atom is 0.224 e. The van der Waals surface area contributed by atoms with Gasteiger partial charge >= 0.3 is 0 Å². The Bertz CT molecular complexity index is 623. The van der Waals surface area contributed by atoms with Gasteiger partial charge in [-0.3, -0.25) is 9.69 Å². The van der Waals surface area contributed by atoms with Gasteiger partial charge in [0.05, 0.1) is 0 Å². The monoisotopic (exact) mass is 428 g/mol. The summed E-state index contributed by atoms with van der Waals surface area (Å²) in [5.41, 5.74) is 2.64. The lowest BCUT2D eigenvalue weighted by molar-refractivity contribution is -0.134. The number of hydrogen-bond donors (Lipinski definition) is 1. The number of fused-ring (bicyclic) bond motifs is 2. The number of aryl methyl sites for hydroxylation is 1. The second-order valence-corrected chi connectivity index (χ2v) is 8.10. The van der Waals surface area contributed by atoms with Crippen molar-refractivity contribution in [3.63, 3.8) is 0 Å². The summed E-state index contributed by atoms with van der Waals surface area (Å²) in [5.74, 6) is 0.377. The predicted octanol–water partition coefficient (Wildman–Crippen LogP) is 2.70. The van der Waals surface area contributed by atoms with Crippen molar-refractivity contribution in [2.24, 2.45) is 0 Å². The summed E-state index contributed by atoms with van der Waals surface area (Å²) in [7, 11) is 0. The molecular formula is C21H34Cl2N4O. The quantitative estimate of drug-likeness (QED) is 0.799. The number of amides is 1. The van der Waals surface area contributed by atoms with Crippen molar-refractivity contribution in [2.75, 3.05) is 50.7 Å². The molecule has 1 N–H and O–H groups in total. The van der Waals surface area contributed by atoms with Gasteiger partial charge in [0.15, 0.2) is 0 Å². The number of carbonyl (C=O) groups excluding carboxylic acids is 1. The number of halogens is 2. The number of piperazine rings is 1. The van der Waals surface area contributed by atoms with E-state index in [2.05, 4.69) is 51.2 Å². The molecule has 5 nitrogen and oxygen atoms in total. The fraction of sp³-hybridized carbons (Fsp3) is 0.667. The molecule has 2 unspecified atom stereocenters. The SMILES string of the molecule is Cc1cccc(N2CCN(CCC(=O)N3C4CCNCC3CC4)CC2)c1.Cl.Cl. The van der Waals surface area contributed by atoms with Crippen LogP contribution < -0.4 is 10.2 Å². The second-order valence-electron chi connectivity index (χ2n) is 8.10. The molecule has 1 aromatic carbocycles. The molecule has 0 aliphatic carbocycles. The first-order valence-corrected chi connectivity index (χ1v) is 10.3. The van der Waals surface area contributed by atoms with Gasteiger partial charge in [0.2, 0.25) is 5.91 Å². The van der Waals surface area contributed by atoms with Crippen LogP contribution in [0.4, 0.5) is 5.69 Å². The fourth-order valence-electron chi connectivity index (χ4n) is 4.83. The molecule has 1 aromatic rings. The van der Waals surface area contributed by atoms with Crippen LogP contribution in [0.5, 0.6) is 0 Å². The average Bonchev–Trinajstić information content (AvgIpc) is 2.93. The largest absolute Gasteiger partial charge is 0.369 e. The fourth-order valence-corrected chi connectivity index (χ4v) is 4.83. The zero-order chi connectivity index (χ0) is 17.9. The smallest absolute Gasteiger partial charge is 0.224 e. The maximum atomic E-state index is 12.8. The summed E-state index contributed by atoms with van der Waals surface area (Å²) in [5, 5.41) is 3.48. The lowest BCUT2D eigenvalue weighted by atomic mass is 10.1. The minimum absolute atomic E-state index is 0. The highest BCUT2D eigenvalue weighted by Crippen LogP contribution is 2.28. The lowest BCUT2D eigenvalue weighted by Gasteiger charge is -2.36. The van der Waals surface area contributed by atoms with E-state index in [0.717, 1.165) is 52.2 Å². The number of carbonyl (C=O) groups is 1. The van der Waals surface area contributed by atoms with Crippen LogP contribution in [0.1, 0.15) is 31.2 Å². The molecule has 3 heterocycles. The van der Waals surface area contributed by atoms with Gasteiger partial charge in [0.1, 0.15) is 0 Å². The summed E-state index contributed by atoms with van der Waals surface area (Å²) in [6.45, 7) is 9.31. The summed E-state index contributed by atoms with van der Waals surface area (Å²) in [4.78, 5) is 20.0. The highest BCUT2D eigenvalue weighted by atomic mass is 35.5. The third-order valence-electron chi connectivity index (χ3n) is 6.32. The highest BCUT2D eigenvalue weighted by molar-refractivity contribution is 5.85. The summed E-state index contributed by atoms with van der Waals surface area (Å²) in [6.07, 6.45) is 4.18. The standard InChI is InChI=1S/C21H32N4O.2ClH/c1-17-3-2-4-19(15-17)24-13-11-23(12-14-24)10-8-21(26)25-18-5-6-20(25)16-22-9-7-18;;/h2-4,15,18,20,22H,5-14,16H2,1H3;2*1H. The molecule has 0 aromatic heterocycles. The Morgan fingerprint density at radius 3 is 2.57 bits per heavy atom. The van der Waals surface area contributed by atoms with Crippen LogP contribution in [-0.2, 0) is 4.79 Å². The molecule has 4 rings (SSSR count). The molecule has 3 aliphatic heterocycles. The zero-order valence-electron chi connectivity index (χ0n) is 16.8. The van der Waals surface area contributed by atoms with E-state index in [1.165, 1.54) is 24.1 Å². The predicted molar refractivity (Wildman–Crippen MR) is 120 cm³/mol. The van der Waals surface area contributed by atoms with Crippen LogP contribution in [0.3, 0.4) is 0 Å². The summed E-state index contributed by atoms with van der Waals surface area (Å²) in [6, 6.07) is 9.68. The third kappa shape index (κ3) is 5.32. The normalized spacial score (nSPS) is 24.9. The van der Waals surface area contributed by atoms with Gasteiger partial charge < -0.3 is 15.1 Å². The van der Waals surface area contributed by atoms with Gasteiger partial charge in [-0.15, -0.1) is 24.8 Å². The van der Waals surface area contributed by atoms with E-state index >= 15 is 0 Å². The average molecular weight is 429 g/mol. The minimum Gasteiger partial charge on any atom is -0.369 e. The molecule has 28 heavy (non-hydrogen) atoms. The topological polar surface area (TPSA) is 38.8 Å². The van der Waals surface area contributed by atoms with E-state index in [1.807, 2.05) is 0 Å². The zero-order valence-corrected chi connectivity index (χ0v) is 18.4. The Kier molecular flexibility index (Phi) is 8.87. The Balaban J connectivity index is 0.00000140. The van der Waals surface area contributed by atoms with Gasteiger partial charge in [-0.2, -0.15) is 0 Å². The molecule has 158 valence electrons. The van der Waals surface area contributed by atoms with Gasteiger partial charge in [-0.25, -0.2) is 0 Å². The van der Waals surface area contributed by atoms with Crippen LogP contribution in [0.25, 0.3) is 0 Å². The van der Waals surface area contributed by atoms with E-state index in [4.69, 9.17) is 0 Å². The Morgan fingerprint density at radius 2 is 1.82 bits per heavy atom. The molecule has 2 bridgehead atoms. The Hall–Kier alpha value is -1.01. The van der Waals surface area contributed by atoms with Crippen LogP contribution >= 0.6 is 24.8 Å². The Morgan fingerprint density at radius 1 is 1.07 bits per heavy atom. The van der Waals surface area contributed by atoms with Crippen LogP contribution in [0.15, 0.2) is 24.3 Å². The van der Waals surface area contributed by atoms with Gasteiger partial charge in [0, 0.05) is 63.5 Å². The van der Waals surface area contributed by atoms with E-state index < -0.39 is 0 Å². The number of benzene rings is 1.